The molecule has 9 aromatic heterocycles. The van der Waals surface area contributed by atoms with Gasteiger partial charge in [0.2, 0.25) is 0 Å². The molecule has 30 rings (SSSR count). The van der Waals surface area contributed by atoms with Gasteiger partial charge in [-0.2, -0.15) is 0 Å². The number of para-hydroxylation sites is 15. The molecule has 630 valence electrons. The number of rotatable bonds is 9. The summed E-state index contributed by atoms with van der Waals surface area (Å²) in [4.78, 5) is 0. The van der Waals surface area contributed by atoms with E-state index < -0.39 is 0 Å². The first kappa shape index (κ1) is 75.8. The topological polar surface area (TPSA) is 44.4 Å². The Kier molecular flexibility index (Phi) is 17.0. The minimum absolute atomic E-state index is 1.15. The Morgan fingerprint density at radius 3 is 0.585 bits per heavy atom. The van der Waals surface area contributed by atoms with Gasteiger partial charge in [0.05, 0.1) is 105 Å². The highest BCUT2D eigenvalue weighted by Gasteiger charge is 2.27. The number of aromatic nitrogens is 9. The summed E-state index contributed by atoms with van der Waals surface area (Å²) in [6.07, 6.45) is 0. The first-order valence-corrected chi connectivity index (χ1v) is 46.4. The maximum Gasteiger partial charge on any atom is 0.0562 e. The van der Waals surface area contributed by atoms with Crippen LogP contribution in [0.3, 0.4) is 0 Å². The normalized spacial score (nSPS) is 12.0. The van der Waals surface area contributed by atoms with Crippen molar-refractivity contribution >= 4 is 196 Å². The van der Waals surface area contributed by atoms with E-state index >= 15 is 0 Å². The van der Waals surface area contributed by atoms with Gasteiger partial charge < -0.3 is 41.1 Å². The minimum Gasteiger partial charge on any atom is -0.309 e. The largest absolute Gasteiger partial charge is 0.309 e. The van der Waals surface area contributed by atoms with Crippen LogP contribution in [-0.2, 0) is 0 Å². The number of benzene rings is 21. The minimum atomic E-state index is 1.15. The molecular formula is C126H81N9. The van der Waals surface area contributed by atoms with Gasteiger partial charge in [0, 0.05) is 142 Å². The van der Waals surface area contributed by atoms with Gasteiger partial charge in [0.15, 0.2) is 0 Å². The van der Waals surface area contributed by atoms with E-state index in [2.05, 4.69) is 532 Å². The molecule has 0 aliphatic heterocycles. The van der Waals surface area contributed by atoms with Crippen LogP contribution in [0, 0.1) is 0 Å². The highest BCUT2D eigenvalue weighted by Crippen LogP contribution is 2.48. The molecular weight excluding hydrogens is 1640 g/mol. The molecule has 0 aliphatic rings. The molecule has 0 amide bonds. The standard InChI is InChI=1S/3C42H27N3/c1-3-14-28(15-4-1)43-37-23-12-9-20-32(37)42-38(43)24-13-25-39(42)45-36-22-11-8-19-31(36)34-26-40-33(27-41(34)45)30-18-7-10-21-35(30)44(40)29-16-5-2-6-17-29;1-3-13-28(14-4-1)43-37-20-10-7-17-31(37)34-25-30(23-24-40(34)43)45-39-22-12-9-19-33(39)36-26-41-35(27-42(36)45)32-18-8-11-21-38(32)44(41)29-15-5-2-6-16-29;1-3-13-28(14-4-1)43-37-20-10-7-17-31(37)34-24-23-30(25-40(34)43)45-39-22-12-9-19-33(39)36-26-41-35(27-42(36)45)32-18-8-11-21-38(32)44(41)29-15-5-2-6-16-29/h3*1-27H. The van der Waals surface area contributed by atoms with Gasteiger partial charge in [-0.25, -0.2) is 0 Å². The monoisotopic (exact) mass is 1720 g/mol. The van der Waals surface area contributed by atoms with Crippen molar-refractivity contribution in [1.82, 2.24) is 41.1 Å². The summed E-state index contributed by atoms with van der Waals surface area (Å²) in [6, 6.07) is 178. The van der Waals surface area contributed by atoms with Crippen molar-refractivity contribution in [1.29, 1.82) is 0 Å². The lowest BCUT2D eigenvalue weighted by molar-refractivity contribution is 1.15. The van der Waals surface area contributed by atoms with Gasteiger partial charge in [-0.3, -0.25) is 0 Å². The number of hydrogen-bond donors (Lipinski definition) is 0. The molecule has 0 unspecified atom stereocenters. The zero-order chi connectivity index (χ0) is 88.5. The van der Waals surface area contributed by atoms with E-state index in [4.69, 9.17) is 0 Å². The molecule has 21 aromatic carbocycles. The average Bonchev–Trinajstić information content (AvgIpc) is 1.55. The molecule has 0 aliphatic carbocycles. The van der Waals surface area contributed by atoms with Crippen molar-refractivity contribution in [2.24, 2.45) is 0 Å². The number of hydrogen-bond acceptors (Lipinski definition) is 0. The highest BCUT2D eigenvalue weighted by atomic mass is 15.1. The van der Waals surface area contributed by atoms with E-state index in [9.17, 15) is 0 Å². The molecule has 0 radical (unpaired) electrons. The summed E-state index contributed by atoms with van der Waals surface area (Å²) in [5, 5.41) is 22.6. The van der Waals surface area contributed by atoms with Crippen LogP contribution >= 0.6 is 0 Å². The highest BCUT2D eigenvalue weighted by molar-refractivity contribution is 6.25. The van der Waals surface area contributed by atoms with Gasteiger partial charge >= 0.3 is 0 Å². The fourth-order valence-electron chi connectivity index (χ4n) is 22.6. The molecule has 9 heteroatoms. The number of nitrogens with zero attached hydrogens (tertiary/aromatic N) is 9. The molecule has 9 heterocycles. The fourth-order valence-corrected chi connectivity index (χ4v) is 22.6. The van der Waals surface area contributed by atoms with E-state index in [0.717, 1.165) is 11.4 Å². The molecule has 0 fully saturated rings. The number of fused-ring (bicyclic) bond motifs is 27. The van der Waals surface area contributed by atoms with Crippen molar-refractivity contribution in [3.8, 4) is 51.2 Å². The third-order valence-electron chi connectivity index (χ3n) is 28.2. The molecule has 0 N–H and O–H groups in total. The second-order valence-corrected chi connectivity index (χ2v) is 35.4. The first-order chi connectivity index (χ1) is 67.1. The van der Waals surface area contributed by atoms with Crippen LogP contribution < -0.4 is 0 Å². The average molecular weight is 1720 g/mol. The Morgan fingerprint density at radius 1 is 0.0889 bits per heavy atom. The predicted octanol–water partition coefficient (Wildman–Crippen LogP) is 32.9. The summed E-state index contributed by atoms with van der Waals surface area (Å²) in [6.45, 7) is 0. The summed E-state index contributed by atoms with van der Waals surface area (Å²) < 4.78 is 21.8. The van der Waals surface area contributed by atoms with Crippen molar-refractivity contribution in [2.75, 3.05) is 0 Å². The molecule has 0 atom stereocenters. The van der Waals surface area contributed by atoms with Crippen LogP contribution in [0.4, 0.5) is 0 Å². The Bertz CT molecular complexity index is 10000. The summed E-state index contributed by atoms with van der Waals surface area (Å²) in [5.74, 6) is 0. The predicted molar refractivity (Wildman–Crippen MR) is 568 cm³/mol. The SMILES string of the molecule is c1ccc(-n2c3ccccc3c3cc(-n4c5ccccc5c5cc6c(cc54)c4ccccc4n6-c4ccccc4)ccc32)cc1.c1ccc(-n2c3ccccc3c3cc4c(cc32)c2ccccc2n4-c2cccc3c2c2ccccc2n3-c2ccccc2)cc1.c1ccc(-n2c3ccccc3c3ccc(-n4c5ccccc5c5cc6c(cc54)c4ccccc4n6-c4ccccc4)cc32)cc1. The smallest absolute Gasteiger partial charge is 0.0562 e. The quantitative estimate of drug-likeness (QED) is 0.138. The van der Waals surface area contributed by atoms with Gasteiger partial charge in [-0.1, -0.05) is 285 Å². The third-order valence-corrected chi connectivity index (χ3v) is 28.2. The zero-order valence-corrected chi connectivity index (χ0v) is 73.3. The van der Waals surface area contributed by atoms with E-state index in [1.54, 1.807) is 0 Å². The fraction of sp³-hybridized carbons (Fsp3) is 0. The van der Waals surface area contributed by atoms with Gasteiger partial charge in [-0.15, -0.1) is 0 Å². The summed E-state index contributed by atoms with van der Waals surface area (Å²) in [7, 11) is 0. The van der Waals surface area contributed by atoms with Crippen LogP contribution in [0.15, 0.2) is 491 Å². The Labute approximate surface area is 774 Å². The first-order valence-electron chi connectivity index (χ1n) is 46.4. The molecule has 0 saturated heterocycles. The van der Waals surface area contributed by atoms with Crippen LogP contribution in [0.25, 0.3) is 247 Å². The summed E-state index contributed by atoms with van der Waals surface area (Å²) in [5.41, 5.74) is 32.4. The van der Waals surface area contributed by atoms with Crippen molar-refractivity contribution < 1.29 is 0 Å². The lowest BCUT2D eigenvalue weighted by atomic mass is 10.1. The van der Waals surface area contributed by atoms with Crippen molar-refractivity contribution in [3.63, 3.8) is 0 Å². The van der Waals surface area contributed by atoms with Crippen LogP contribution in [0.1, 0.15) is 0 Å². The van der Waals surface area contributed by atoms with Crippen LogP contribution in [0.2, 0.25) is 0 Å². The van der Waals surface area contributed by atoms with Crippen molar-refractivity contribution in [3.05, 3.63) is 491 Å². The second kappa shape index (κ2) is 30.2. The molecule has 9 nitrogen and oxygen atoms in total. The molecule has 30 aromatic rings. The summed E-state index contributed by atoms with van der Waals surface area (Å²) >= 11 is 0. The zero-order valence-electron chi connectivity index (χ0n) is 73.3. The third kappa shape index (κ3) is 11.5. The lowest BCUT2D eigenvalue weighted by Gasteiger charge is -2.12. The van der Waals surface area contributed by atoms with E-state index in [1.165, 1.54) is 236 Å². The molecule has 135 heavy (non-hydrogen) atoms. The van der Waals surface area contributed by atoms with E-state index in [1.807, 2.05) is 0 Å². The van der Waals surface area contributed by atoms with E-state index in [0.29, 0.717) is 0 Å². The molecule has 0 bridgehead atoms. The maximum atomic E-state index is 2.49. The second-order valence-electron chi connectivity index (χ2n) is 35.4. The molecule has 0 saturated carbocycles. The van der Waals surface area contributed by atoms with Crippen molar-refractivity contribution in [2.45, 2.75) is 0 Å². The van der Waals surface area contributed by atoms with Gasteiger partial charge in [0.1, 0.15) is 0 Å². The van der Waals surface area contributed by atoms with E-state index in [-0.39, 0.29) is 0 Å². The van der Waals surface area contributed by atoms with Crippen LogP contribution in [0.5, 0.6) is 0 Å². The maximum absolute atomic E-state index is 2.49. The van der Waals surface area contributed by atoms with Gasteiger partial charge in [-0.05, 0) is 206 Å². The lowest BCUT2D eigenvalue weighted by Crippen LogP contribution is -1.97. The van der Waals surface area contributed by atoms with Gasteiger partial charge in [0.25, 0.3) is 0 Å². The Balaban J connectivity index is 0.000000101. The van der Waals surface area contributed by atoms with Crippen LogP contribution in [-0.4, -0.2) is 41.1 Å². The Morgan fingerprint density at radius 2 is 0.274 bits per heavy atom. The Hall–Kier alpha value is -18.2. The molecule has 0 spiro atoms.